The lowest BCUT2D eigenvalue weighted by atomic mass is 10.1. The molecule has 5 heteroatoms. The van der Waals surface area contributed by atoms with E-state index in [2.05, 4.69) is 0 Å². The lowest BCUT2D eigenvalue weighted by molar-refractivity contribution is -0.385. The first-order valence-electron chi connectivity index (χ1n) is 5.77. The number of hydrogen-bond acceptors (Lipinski definition) is 3. The highest BCUT2D eigenvalue weighted by Crippen LogP contribution is 2.19. The summed E-state index contributed by atoms with van der Waals surface area (Å²) >= 11 is 0. The van der Waals surface area contributed by atoms with Crippen LogP contribution < -0.4 is 4.74 Å². The second-order valence-electron chi connectivity index (χ2n) is 3.94. The lowest BCUT2D eigenvalue weighted by Gasteiger charge is -2.06. The number of nitro groups is 1. The van der Waals surface area contributed by atoms with Crippen LogP contribution in [-0.2, 0) is 6.42 Å². The molecule has 0 aliphatic rings. The molecule has 19 heavy (non-hydrogen) atoms. The average molecular weight is 261 g/mol. The molecule has 2 rings (SSSR count). The fourth-order valence-electron chi connectivity index (χ4n) is 1.74. The summed E-state index contributed by atoms with van der Waals surface area (Å²) in [5.41, 5.74) is 0.675. The van der Waals surface area contributed by atoms with Gasteiger partial charge in [0, 0.05) is 24.1 Å². The molecule has 0 saturated heterocycles. The molecule has 0 heterocycles. The van der Waals surface area contributed by atoms with Crippen LogP contribution in [0.2, 0.25) is 0 Å². The molecule has 0 aromatic heterocycles. The molecule has 98 valence electrons. The van der Waals surface area contributed by atoms with Crippen molar-refractivity contribution in [2.45, 2.75) is 6.42 Å². The Bertz CT molecular complexity index is 586. The second-order valence-corrected chi connectivity index (χ2v) is 3.94. The predicted molar refractivity (Wildman–Crippen MR) is 68.7 cm³/mol. The largest absolute Gasteiger partial charge is 0.493 e. The van der Waals surface area contributed by atoms with Crippen molar-refractivity contribution in [1.82, 2.24) is 0 Å². The number of para-hydroxylation sites is 1. The van der Waals surface area contributed by atoms with E-state index in [4.69, 9.17) is 4.74 Å². The zero-order chi connectivity index (χ0) is 13.7. The van der Waals surface area contributed by atoms with Crippen molar-refractivity contribution < 1.29 is 14.1 Å². The molecule has 2 aromatic carbocycles. The molecule has 0 atom stereocenters. The average Bonchev–Trinajstić information content (AvgIpc) is 2.39. The Kier molecular flexibility index (Phi) is 4.07. The van der Waals surface area contributed by atoms with Gasteiger partial charge < -0.3 is 4.74 Å². The Morgan fingerprint density at radius 2 is 1.95 bits per heavy atom. The van der Waals surface area contributed by atoms with Crippen LogP contribution in [0.15, 0.2) is 48.5 Å². The van der Waals surface area contributed by atoms with Crippen LogP contribution in [0.25, 0.3) is 0 Å². The van der Waals surface area contributed by atoms with E-state index in [1.54, 1.807) is 30.3 Å². The van der Waals surface area contributed by atoms with Gasteiger partial charge in [0.25, 0.3) is 5.69 Å². The summed E-state index contributed by atoms with van der Waals surface area (Å²) in [7, 11) is 0. The summed E-state index contributed by atoms with van der Waals surface area (Å²) in [6, 6.07) is 12.3. The van der Waals surface area contributed by atoms with Crippen LogP contribution in [0, 0.1) is 15.9 Å². The molecule has 0 fully saturated rings. The zero-order valence-corrected chi connectivity index (χ0v) is 10.1. The predicted octanol–water partition coefficient (Wildman–Crippen LogP) is 3.36. The highest BCUT2D eigenvalue weighted by atomic mass is 19.1. The Morgan fingerprint density at radius 3 is 2.68 bits per heavy atom. The normalized spacial score (nSPS) is 10.2. The summed E-state index contributed by atoms with van der Waals surface area (Å²) in [6.07, 6.45) is 0.396. The standard InChI is InChI=1S/C14H12FNO3/c15-12-5-3-6-13(10-12)19-9-8-11-4-1-2-7-14(11)16(17)18/h1-7,10H,8-9H2. The second kappa shape index (κ2) is 5.95. The molecule has 0 amide bonds. The fraction of sp³-hybridized carbons (Fsp3) is 0.143. The first kappa shape index (κ1) is 13.0. The topological polar surface area (TPSA) is 52.4 Å². The smallest absolute Gasteiger partial charge is 0.272 e. The third-order valence-corrected chi connectivity index (χ3v) is 2.62. The van der Waals surface area contributed by atoms with Crippen molar-refractivity contribution in [2.24, 2.45) is 0 Å². The molecule has 0 saturated carbocycles. The third kappa shape index (κ3) is 3.51. The molecule has 0 aliphatic carbocycles. The minimum Gasteiger partial charge on any atom is -0.493 e. The molecular weight excluding hydrogens is 249 g/mol. The maximum atomic E-state index is 12.9. The van der Waals surface area contributed by atoms with E-state index < -0.39 is 4.92 Å². The number of halogens is 1. The van der Waals surface area contributed by atoms with Crippen LogP contribution in [-0.4, -0.2) is 11.5 Å². The first-order valence-corrected chi connectivity index (χ1v) is 5.77. The van der Waals surface area contributed by atoms with Gasteiger partial charge in [-0.15, -0.1) is 0 Å². The molecule has 0 spiro atoms. The molecule has 0 radical (unpaired) electrons. The molecule has 2 aromatic rings. The van der Waals surface area contributed by atoms with Gasteiger partial charge in [0.05, 0.1) is 11.5 Å². The Morgan fingerprint density at radius 1 is 1.16 bits per heavy atom. The molecule has 0 aliphatic heterocycles. The number of ether oxygens (including phenoxy) is 1. The molecule has 0 bridgehead atoms. The van der Waals surface area contributed by atoms with E-state index in [1.165, 1.54) is 18.2 Å². The number of hydrogen-bond donors (Lipinski definition) is 0. The number of rotatable bonds is 5. The Hall–Kier alpha value is -2.43. The van der Waals surface area contributed by atoms with Crippen LogP contribution in [0.5, 0.6) is 5.75 Å². The highest BCUT2D eigenvalue weighted by Gasteiger charge is 2.11. The number of benzene rings is 2. The van der Waals surface area contributed by atoms with Crippen molar-refractivity contribution >= 4 is 5.69 Å². The van der Waals surface area contributed by atoms with Crippen molar-refractivity contribution in [3.05, 3.63) is 70.0 Å². The van der Waals surface area contributed by atoms with E-state index in [-0.39, 0.29) is 18.1 Å². The number of nitrogens with zero attached hydrogens (tertiary/aromatic N) is 1. The summed E-state index contributed by atoms with van der Waals surface area (Å²) < 4.78 is 18.3. The molecule has 0 N–H and O–H groups in total. The fourth-order valence-corrected chi connectivity index (χ4v) is 1.74. The molecule has 4 nitrogen and oxygen atoms in total. The van der Waals surface area contributed by atoms with Crippen molar-refractivity contribution in [2.75, 3.05) is 6.61 Å². The first-order chi connectivity index (χ1) is 9.16. The zero-order valence-electron chi connectivity index (χ0n) is 10.1. The van der Waals surface area contributed by atoms with Gasteiger partial charge in [0.1, 0.15) is 11.6 Å². The van der Waals surface area contributed by atoms with Crippen LogP contribution in [0.1, 0.15) is 5.56 Å². The van der Waals surface area contributed by atoms with Crippen LogP contribution in [0.4, 0.5) is 10.1 Å². The summed E-state index contributed by atoms with van der Waals surface area (Å²) in [6.45, 7) is 0.258. The van der Waals surface area contributed by atoms with Gasteiger partial charge in [-0.3, -0.25) is 10.1 Å². The highest BCUT2D eigenvalue weighted by molar-refractivity contribution is 5.39. The third-order valence-electron chi connectivity index (χ3n) is 2.62. The van der Waals surface area contributed by atoms with Crippen molar-refractivity contribution in [3.8, 4) is 5.75 Å². The van der Waals surface area contributed by atoms with Gasteiger partial charge >= 0.3 is 0 Å². The Labute approximate surface area is 109 Å². The number of nitro benzene ring substituents is 1. The van der Waals surface area contributed by atoms with E-state index in [0.717, 1.165) is 0 Å². The van der Waals surface area contributed by atoms with E-state index >= 15 is 0 Å². The van der Waals surface area contributed by atoms with Crippen LogP contribution in [0.3, 0.4) is 0 Å². The maximum absolute atomic E-state index is 12.9. The van der Waals surface area contributed by atoms with Gasteiger partial charge in [-0.2, -0.15) is 0 Å². The van der Waals surface area contributed by atoms with Gasteiger partial charge in [-0.25, -0.2) is 4.39 Å². The minimum absolute atomic E-state index is 0.0744. The van der Waals surface area contributed by atoms with E-state index in [9.17, 15) is 14.5 Å². The monoisotopic (exact) mass is 261 g/mol. The summed E-state index contributed by atoms with van der Waals surface area (Å²) in [4.78, 5) is 10.4. The van der Waals surface area contributed by atoms with Crippen molar-refractivity contribution in [3.63, 3.8) is 0 Å². The van der Waals surface area contributed by atoms with Gasteiger partial charge in [0.2, 0.25) is 0 Å². The summed E-state index contributed by atoms with van der Waals surface area (Å²) in [5, 5.41) is 10.8. The summed E-state index contributed by atoms with van der Waals surface area (Å²) in [5.74, 6) is 0.0433. The molecular formula is C14H12FNO3. The lowest BCUT2D eigenvalue weighted by Crippen LogP contribution is -2.04. The maximum Gasteiger partial charge on any atom is 0.272 e. The minimum atomic E-state index is -0.419. The van der Waals surface area contributed by atoms with Crippen LogP contribution >= 0.6 is 0 Å². The van der Waals surface area contributed by atoms with Gasteiger partial charge in [0.15, 0.2) is 0 Å². The van der Waals surface area contributed by atoms with Gasteiger partial charge in [-0.05, 0) is 12.1 Å². The van der Waals surface area contributed by atoms with E-state index in [0.29, 0.717) is 17.7 Å². The Balaban J connectivity index is 1.98. The molecule has 0 unspecified atom stereocenters. The van der Waals surface area contributed by atoms with Gasteiger partial charge in [-0.1, -0.05) is 24.3 Å². The SMILES string of the molecule is O=[N+]([O-])c1ccccc1CCOc1cccc(F)c1. The van der Waals surface area contributed by atoms with Crippen molar-refractivity contribution in [1.29, 1.82) is 0 Å². The quantitative estimate of drug-likeness (QED) is 0.612. The van der Waals surface area contributed by atoms with E-state index in [1.807, 2.05) is 0 Å².